The number of para-hydroxylation sites is 1. The van der Waals surface area contributed by atoms with Crippen molar-refractivity contribution in [2.75, 3.05) is 26.0 Å². The van der Waals surface area contributed by atoms with Crippen LogP contribution in [0.2, 0.25) is 0 Å². The molecule has 0 radical (unpaired) electrons. The van der Waals surface area contributed by atoms with Crippen LogP contribution in [0.25, 0.3) is 10.9 Å². The molecule has 2 fully saturated rings. The van der Waals surface area contributed by atoms with Gasteiger partial charge in [0, 0.05) is 30.0 Å². The molecule has 0 spiro atoms. The Labute approximate surface area is 356 Å². The number of aromatic amines is 1. The molecule has 62 heavy (non-hydrogen) atoms. The molecular formula is C38H56N8O15S. The van der Waals surface area contributed by atoms with E-state index in [4.69, 9.17) is 0 Å². The molecule has 0 bridgehead atoms. The summed E-state index contributed by atoms with van der Waals surface area (Å²) in [4.78, 5) is 100. The first kappa shape index (κ1) is 49.4. The minimum atomic E-state index is -4.03. The Hall–Kier alpha value is -5.24. The summed E-state index contributed by atoms with van der Waals surface area (Å²) in [5, 5.41) is 77.0. The molecule has 11 atom stereocenters. The second-order valence-electron chi connectivity index (χ2n) is 16.4. The van der Waals surface area contributed by atoms with E-state index in [1.165, 1.54) is 13.8 Å². The van der Waals surface area contributed by atoms with Crippen molar-refractivity contribution in [3.8, 4) is 0 Å². The van der Waals surface area contributed by atoms with E-state index < -0.39 is 156 Å². The van der Waals surface area contributed by atoms with Gasteiger partial charge in [0.15, 0.2) is 9.84 Å². The molecule has 4 rings (SSSR count). The van der Waals surface area contributed by atoms with Crippen molar-refractivity contribution in [3.05, 3.63) is 29.8 Å². The maximum absolute atomic E-state index is 14.4. The smallest absolute Gasteiger partial charge is 0.248 e. The van der Waals surface area contributed by atoms with E-state index in [2.05, 4.69) is 36.9 Å². The maximum atomic E-state index is 14.4. The van der Waals surface area contributed by atoms with Gasteiger partial charge in [-0.3, -0.25) is 33.6 Å². The number of nitrogens with zero attached hydrogens (tertiary/aromatic N) is 1. The molecule has 2 aliphatic rings. The summed E-state index contributed by atoms with van der Waals surface area (Å²) in [6.45, 7) is 3.71. The molecule has 2 aliphatic heterocycles. The number of aromatic nitrogens is 1. The summed E-state index contributed by atoms with van der Waals surface area (Å²) >= 11 is 0. The summed E-state index contributed by atoms with van der Waals surface area (Å²) in [6, 6.07) is -5.94. The fraction of sp³-hybridized carbons (Fsp3) is 0.605. The number of amides is 7. The topological polar surface area (TPSA) is 366 Å². The van der Waals surface area contributed by atoms with Gasteiger partial charge in [-0.2, -0.15) is 0 Å². The third kappa shape index (κ3) is 11.4. The highest BCUT2D eigenvalue weighted by Crippen LogP contribution is 2.28. The SMILES string of the molecule is CC(C)[C@@H]1NC(=O)[C@H](C[C@@](C)(O)CO)NC(=O)[C@H](Cc2c(S(C)(=O)=O)[nH]c3ccccc23)NC(=O)[C@H](C)NC(=O)[C@@H]2[C@H](O)[C@H](O)CN2C(=O)[C@@H](CO)NC(=O)[C@@H]([C@H](C)O)NC1=O. The van der Waals surface area contributed by atoms with Gasteiger partial charge in [0.2, 0.25) is 41.4 Å². The molecule has 13 N–H and O–H groups in total. The van der Waals surface area contributed by atoms with Crippen molar-refractivity contribution in [3.63, 3.8) is 0 Å². The van der Waals surface area contributed by atoms with Crippen LogP contribution in [0.5, 0.6) is 0 Å². The van der Waals surface area contributed by atoms with Crippen LogP contribution < -0.4 is 31.9 Å². The molecule has 1 aromatic heterocycles. The molecular weight excluding hydrogens is 841 g/mol. The number of nitrogens with one attached hydrogen (secondary N) is 7. The third-order valence-corrected chi connectivity index (χ3v) is 11.7. The molecule has 24 heteroatoms. The fourth-order valence-electron chi connectivity index (χ4n) is 7.18. The Morgan fingerprint density at radius 1 is 0.790 bits per heavy atom. The predicted molar refractivity (Wildman–Crippen MR) is 216 cm³/mol. The van der Waals surface area contributed by atoms with Gasteiger partial charge in [0.1, 0.15) is 53.4 Å². The molecule has 0 unspecified atom stereocenters. The zero-order chi connectivity index (χ0) is 46.6. The van der Waals surface area contributed by atoms with E-state index in [0.717, 1.165) is 27.0 Å². The maximum Gasteiger partial charge on any atom is 0.248 e. The first-order chi connectivity index (χ1) is 28.8. The van der Waals surface area contributed by atoms with Crippen LogP contribution in [-0.2, 0) is 49.8 Å². The van der Waals surface area contributed by atoms with E-state index in [1.807, 2.05) is 0 Å². The number of aliphatic hydroxyl groups excluding tert-OH is 5. The monoisotopic (exact) mass is 896 g/mol. The van der Waals surface area contributed by atoms with E-state index in [-0.39, 0.29) is 10.6 Å². The number of carbonyl (C=O) groups excluding carboxylic acids is 7. The molecule has 7 amide bonds. The second-order valence-corrected chi connectivity index (χ2v) is 18.3. The number of hydrogen-bond acceptors (Lipinski definition) is 15. The van der Waals surface area contributed by atoms with Crippen LogP contribution in [0.1, 0.15) is 46.6 Å². The Morgan fingerprint density at radius 3 is 1.94 bits per heavy atom. The van der Waals surface area contributed by atoms with Gasteiger partial charge in [0.25, 0.3) is 0 Å². The van der Waals surface area contributed by atoms with Crippen molar-refractivity contribution in [1.29, 1.82) is 0 Å². The molecule has 3 heterocycles. The minimum absolute atomic E-state index is 0.0390. The number of rotatable bonds is 9. The highest BCUT2D eigenvalue weighted by Gasteiger charge is 2.49. The van der Waals surface area contributed by atoms with Crippen LogP contribution in [0.4, 0.5) is 0 Å². The number of H-pyrrole nitrogens is 1. The van der Waals surface area contributed by atoms with Crippen molar-refractivity contribution in [2.45, 2.75) is 119 Å². The zero-order valence-corrected chi connectivity index (χ0v) is 35.7. The lowest BCUT2D eigenvalue weighted by molar-refractivity contribution is -0.145. The van der Waals surface area contributed by atoms with Crippen molar-refractivity contribution in [2.24, 2.45) is 5.92 Å². The van der Waals surface area contributed by atoms with Crippen LogP contribution in [-0.4, -0.2) is 183 Å². The van der Waals surface area contributed by atoms with Gasteiger partial charge in [-0.15, -0.1) is 0 Å². The Morgan fingerprint density at radius 2 is 1.35 bits per heavy atom. The Balaban J connectivity index is 1.87. The molecule has 23 nitrogen and oxygen atoms in total. The van der Waals surface area contributed by atoms with Gasteiger partial charge >= 0.3 is 0 Å². The molecule has 2 aromatic rings. The largest absolute Gasteiger partial charge is 0.394 e. The Bertz CT molecular complexity index is 2140. The summed E-state index contributed by atoms with van der Waals surface area (Å²) in [5.41, 5.74) is -1.66. The summed E-state index contributed by atoms with van der Waals surface area (Å²) in [5.74, 6) is -8.75. The minimum Gasteiger partial charge on any atom is -0.394 e. The number of carbonyl (C=O) groups is 7. The lowest BCUT2D eigenvalue weighted by atomic mass is 9.95. The van der Waals surface area contributed by atoms with Crippen LogP contribution in [0.15, 0.2) is 29.3 Å². The van der Waals surface area contributed by atoms with E-state index in [9.17, 15) is 72.6 Å². The van der Waals surface area contributed by atoms with Crippen LogP contribution >= 0.6 is 0 Å². The third-order valence-electron chi connectivity index (χ3n) is 10.7. The van der Waals surface area contributed by atoms with Gasteiger partial charge in [-0.25, -0.2) is 8.42 Å². The van der Waals surface area contributed by atoms with E-state index >= 15 is 0 Å². The number of fused-ring (bicyclic) bond motifs is 2. The zero-order valence-electron chi connectivity index (χ0n) is 34.9. The van der Waals surface area contributed by atoms with E-state index in [0.29, 0.717) is 15.8 Å². The molecule has 344 valence electrons. The van der Waals surface area contributed by atoms with Crippen molar-refractivity contribution < 1.29 is 72.6 Å². The number of aliphatic hydroxyl groups is 6. The Kier molecular flexibility index (Phi) is 15.8. The summed E-state index contributed by atoms with van der Waals surface area (Å²) in [6.07, 6.45) is -5.68. The number of hydrogen-bond donors (Lipinski definition) is 13. The fourth-order valence-corrected chi connectivity index (χ4v) is 8.12. The van der Waals surface area contributed by atoms with E-state index in [1.54, 1.807) is 24.3 Å². The lowest BCUT2D eigenvalue weighted by Crippen LogP contribution is -2.63. The quantitative estimate of drug-likeness (QED) is 0.112. The normalized spacial score (nSPS) is 29.3. The predicted octanol–water partition coefficient (Wildman–Crippen LogP) is -5.85. The van der Waals surface area contributed by atoms with Gasteiger partial charge in [-0.1, -0.05) is 32.0 Å². The first-order valence-corrected chi connectivity index (χ1v) is 21.6. The lowest BCUT2D eigenvalue weighted by Gasteiger charge is -2.31. The van der Waals surface area contributed by atoms with Crippen LogP contribution in [0.3, 0.4) is 0 Å². The van der Waals surface area contributed by atoms with Crippen molar-refractivity contribution in [1.82, 2.24) is 41.8 Å². The van der Waals surface area contributed by atoms with Gasteiger partial charge < -0.3 is 72.4 Å². The molecule has 0 aliphatic carbocycles. The standard InChI is InChI=1S/C38H56N8O15S/c1-16(2)26-33(55)45-27(18(4)49)34(56)42-24(14-47)37(58)46-13-25(50)29(51)28(46)35(57)39-17(3)30(52)40-22(31(53)41-23(32(54)44-26)12-38(5,59)15-48)11-20-19-9-7-8-10-21(19)43-36(20)62(6,60)61/h7-10,16-18,22-29,43,47-51,59H,11-15H2,1-6H3,(H,39,57)(H,40,52)(H,41,53)(H,42,56)(H,44,54)(H,45,55)/t17-,18-,22-,23-,24+,25+,26-,27+,28-,29+,38+/m0/s1. The molecule has 2 saturated heterocycles. The number of sulfone groups is 1. The first-order valence-electron chi connectivity index (χ1n) is 19.7. The highest BCUT2D eigenvalue weighted by atomic mass is 32.2. The number of benzene rings is 1. The van der Waals surface area contributed by atoms with Crippen LogP contribution in [0, 0.1) is 5.92 Å². The van der Waals surface area contributed by atoms with Crippen molar-refractivity contribution >= 4 is 62.1 Å². The van der Waals surface area contributed by atoms with Gasteiger partial charge in [0.05, 0.1) is 37.6 Å². The highest BCUT2D eigenvalue weighted by molar-refractivity contribution is 7.90. The average molecular weight is 897 g/mol. The summed E-state index contributed by atoms with van der Waals surface area (Å²) < 4.78 is 26.0. The molecule has 1 aromatic carbocycles. The average Bonchev–Trinajstić information content (AvgIpc) is 3.72. The second kappa shape index (κ2) is 19.9. The van der Waals surface area contributed by atoms with Gasteiger partial charge in [-0.05, 0) is 38.3 Å². The molecule has 0 saturated carbocycles. The summed E-state index contributed by atoms with van der Waals surface area (Å²) in [7, 11) is -4.03.